The van der Waals surface area contributed by atoms with Crippen LogP contribution in [0.4, 0.5) is 0 Å². The summed E-state index contributed by atoms with van der Waals surface area (Å²) in [5.74, 6) is 2.48. The lowest BCUT2D eigenvalue weighted by Crippen LogP contribution is -2.47. The molecule has 0 spiro atoms. The quantitative estimate of drug-likeness (QED) is 0.339. The maximum Gasteiger partial charge on any atom is 0.335 e. The van der Waals surface area contributed by atoms with Crippen LogP contribution in [-0.2, 0) is 16.2 Å². The molecule has 4 aliphatic carbocycles. The fraction of sp³-hybridized carbons (Fsp3) is 0.737. The molecule has 2 N–H and O–H groups in total. The molecule has 142 valence electrons. The maximum atomic E-state index is 12.4. The smallest absolute Gasteiger partial charge is 0.335 e. The van der Waals surface area contributed by atoms with Crippen molar-refractivity contribution in [3.05, 3.63) is 15.9 Å². The van der Waals surface area contributed by atoms with Gasteiger partial charge in [0.15, 0.2) is 5.84 Å². The van der Waals surface area contributed by atoms with E-state index in [1.807, 2.05) is 13.8 Å². The standard InChI is InChI=1S/C19H27BrN4O2/c1-11-18(20)12(2)24(22-11)10-16(21)23-26-17(25)9-19-6-13-3-14(7-19)5-15(4-13)8-19/h13-15H,3-10H2,1-2H3,(H2,21,23). The monoisotopic (exact) mass is 422 g/mol. The van der Waals surface area contributed by atoms with Crippen LogP contribution in [0, 0.1) is 37.0 Å². The van der Waals surface area contributed by atoms with E-state index in [9.17, 15) is 4.79 Å². The molecule has 4 bridgehead atoms. The number of hydrogen-bond acceptors (Lipinski definition) is 4. The molecule has 0 aliphatic heterocycles. The number of hydrogen-bond donors (Lipinski definition) is 1. The molecule has 0 saturated heterocycles. The zero-order valence-corrected chi connectivity index (χ0v) is 17.1. The number of carbonyl (C=O) groups excluding carboxylic acids is 1. The predicted molar refractivity (Wildman–Crippen MR) is 102 cm³/mol. The molecular formula is C19H27BrN4O2. The lowest BCUT2D eigenvalue weighted by molar-refractivity contribution is -0.152. The summed E-state index contributed by atoms with van der Waals surface area (Å²) in [5.41, 5.74) is 7.97. The minimum absolute atomic E-state index is 0.163. The Morgan fingerprint density at radius 1 is 1.27 bits per heavy atom. The normalized spacial score (nSPS) is 32.9. The van der Waals surface area contributed by atoms with Gasteiger partial charge in [0.1, 0.15) is 6.54 Å². The van der Waals surface area contributed by atoms with Crippen LogP contribution >= 0.6 is 15.9 Å². The average molecular weight is 423 g/mol. The van der Waals surface area contributed by atoms with Gasteiger partial charge in [0.2, 0.25) is 0 Å². The van der Waals surface area contributed by atoms with Crippen molar-refractivity contribution in [3.63, 3.8) is 0 Å². The van der Waals surface area contributed by atoms with Gasteiger partial charge in [0.25, 0.3) is 0 Å². The summed E-state index contributed by atoms with van der Waals surface area (Å²) in [6, 6.07) is 0. The van der Waals surface area contributed by atoms with Crippen LogP contribution < -0.4 is 5.73 Å². The number of oxime groups is 1. The highest BCUT2D eigenvalue weighted by Gasteiger charge is 2.51. The Hall–Kier alpha value is -1.37. The van der Waals surface area contributed by atoms with E-state index in [1.54, 1.807) is 4.68 Å². The summed E-state index contributed by atoms with van der Waals surface area (Å²) < 4.78 is 2.72. The van der Waals surface area contributed by atoms with Gasteiger partial charge in [0.05, 0.1) is 22.3 Å². The van der Waals surface area contributed by atoms with Crippen molar-refractivity contribution in [3.8, 4) is 0 Å². The van der Waals surface area contributed by atoms with Gasteiger partial charge in [-0.1, -0.05) is 5.16 Å². The molecule has 4 saturated carbocycles. The van der Waals surface area contributed by atoms with E-state index in [4.69, 9.17) is 10.6 Å². The molecular weight excluding hydrogens is 396 g/mol. The maximum absolute atomic E-state index is 12.4. The molecule has 5 rings (SSSR count). The van der Waals surface area contributed by atoms with Crippen molar-refractivity contribution in [2.45, 2.75) is 65.3 Å². The van der Waals surface area contributed by atoms with Crippen molar-refractivity contribution in [1.82, 2.24) is 9.78 Å². The van der Waals surface area contributed by atoms with E-state index in [1.165, 1.54) is 38.5 Å². The molecule has 6 nitrogen and oxygen atoms in total. The molecule has 1 aromatic rings. The van der Waals surface area contributed by atoms with E-state index in [-0.39, 0.29) is 17.2 Å². The molecule has 1 aromatic heterocycles. The Balaban J connectivity index is 1.35. The Morgan fingerprint density at radius 3 is 2.35 bits per heavy atom. The van der Waals surface area contributed by atoms with Gasteiger partial charge in [-0.05, 0) is 91.5 Å². The minimum Gasteiger partial charge on any atom is -0.383 e. The first kappa shape index (κ1) is 18.0. The molecule has 0 amide bonds. The zero-order chi connectivity index (χ0) is 18.5. The average Bonchev–Trinajstić information content (AvgIpc) is 2.78. The lowest BCUT2D eigenvalue weighted by atomic mass is 9.49. The fourth-order valence-corrected chi connectivity index (χ4v) is 6.25. The molecule has 0 atom stereocenters. The number of carbonyl (C=O) groups is 1. The number of rotatable bonds is 5. The molecule has 0 aromatic carbocycles. The number of aromatic nitrogens is 2. The molecule has 4 fully saturated rings. The molecule has 0 radical (unpaired) electrons. The first-order chi connectivity index (χ1) is 12.3. The van der Waals surface area contributed by atoms with Crippen molar-refractivity contribution in [1.29, 1.82) is 0 Å². The van der Waals surface area contributed by atoms with E-state index in [2.05, 4.69) is 26.2 Å². The highest BCUT2D eigenvalue weighted by molar-refractivity contribution is 9.10. The zero-order valence-electron chi connectivity index (χ0n) is 15.5. The van der Waals surface area contributed by atoms with E-state index in [0.717, 1.165) is 33.6 Å². The Labute approximate surface area is 162 Å². The number of halogens is 1. The molecule has 0 unspecified atom stereocenters. The molecule has 26 heavy (non-hydrogen) atoms. The van der Waals surface area contributed by atoms with Crippen molar-refractivity contribution < 1.29 is 9.63 Å². The SMILES string of the molecule is Cc1nn(C/C(N)=N/OC(=O)CC23CC4CC(CC(C4)C2)C3)c(C)c1Br. The Kier molecular flexibility index (Phi) is 4.61. The minimum atomic E-state index is -0.246. The van der Waals surface area contributed by atoms with Gasteiger partial charge in [-0.2, -0.15) is 5.10 Å². The van der Waals surface area contributed by atoms with Crippen LogP contribution in [0.25, 0.3) is 0 Å². The van der Waals surface area contributed by atoms with Crippen molar-refractivity contribution >= 4 is 27.7 Å². The molecule has 4 aliphatic rings. The Morgan fingerprint density at radius 2 is 1.85 bits per heavy atom. The topological polar surface area (TPSA) is 82.5 Å². The molecule has 1 heterocycles. The van der Waals surface area contributed by atoms with Gasteiger partial charge < -0.3 is 10.6 Å². The van der Waals surface area contributed by atoms with Crippen LogP contribution in [0.2, 0.25) is 0 Å². The third-order valence-corrected chi connectivity index (χ3v) is 7.70. The molecule has 7 heteroatoms. The van der Waals surface area contributed by atoms with E-state index in [0.29, 0.717) is 13.0 Å². The Bertz CT molecular complexity index is 720. The largest absolute Gasteiger partial charge is 0.383 e. The second-order valence-electron chi connectivity index (χ2n) is 8.78. The van der Waals surface area contributed by atoms with E-state index >= 15 is 0 Å². The van der Waals surface area contributed by atoms with Crippen LogP contribution in [0.15, 0.2) is 9.63 Å². The summed E-state index contributed by atoms with van der Waals surface area (Å²) in [4.78, 5) is 17.6. The third-order valence-electron chi connectivity index (χ3n) is 6.55. The summed E-state index contributed by atoms with van der Waals surface area (Å²) in [5, 5.41) is 8.26. The van der Waals surface area contributed by atoms with Crippen molar-refractivity contribution in [2.24, 2.45) is 34.1 Å². The van der Waals surface area contributed by atoms with Gasteiger partial charge in [0, 0.05) is 0 Å². The summed E-state index contributed by atoms with van der Waals surface area (Å²) in [6.07, 6.45) is 8.17. The second kappa shape index (κ2) is 6.66. The van der Waals surface area contributed by atoms with Gasteiger partial charge >= 0.3 is 5.97 Å². The predicted octanol–water partition coefficient (Wildman–Crippen LogP) is 3.68. The van der Waals surface area contributed by atoms with Crippen LogP contribution in [0.3, 0.4) is 0 Å². The fourth-order valence-electron chi connectivity index (χ4n) is 5.97. The van der Waals surface area contributed by atoms with Crippen LogP contribution in [0.5, 0.6) is 0 Å². The number of nitrogens with zero attached hydrogens (tertiary/aromatic N) is 3. The highest BCUT2D eigenvalue weighted by Crippen LogP contribution is 2.61. The van der Waals surface area contributed by atoms with Crippen LogP contribution in [-0.4, -0.2) is 21.6 Å². The first-order valence-electron chi connectivity index (χ1n) is 9.55. The summed E-state index contributed by atoms with van der Waals surface area (Å²) >= 11 is 3.49. The van der Waals surface area contributed by atoms with Gasteiger partial charge in [-0.3, -0.25) is 4.68 Å². The second-order valence-corrected chi connectivity index (χ2v) is 9.58. The van der Waals surface area contributed by atoms with Crippen molar-refractivity contribution in [2.75, 3.05) is 0 Å². The lowest BCUT2D eigenvalue weighted by Gasteiger charge is -2.56. The number of aryl methyl sites for hydroxylation is 1. The summed E-state index contributed by atoms with van der Waals surface area (Å²) in [7, 11) is 0. The highest BCUT2D eigenvalue weighted by atomic mass is 79.9. The van der Waals surface area contributed by atoms with Crippen LogP contribution in [0.1, 0.15) is 56.3 Å². The van der Waals surface area contributed by atoms with Gasteiger partial charge in [-0.25, -0.2) is 4.79 Å². The summed E-state index contributed by atoms with van der Waals surface area (Å²) in [6.45, 7) is 4.19. The first-order valence-corrected chi connectivity index (χ1v) is 10.3. The van der Waals surface area contributed by atoms with E-state index < -0.39 is 0 Å². The number of nitrogens with two attached hydrogens (primary N) is 1. The number of amidine groups is 1. The van der Waals surface area contributed by atoms with Gasteiger partial charge in [-0.15, -0.1) is 0 Å². The third kappa shape index (κ3) is 3.42.